The van der Waals surface area contributed by atoms with Crippen molar-refractivity contribution in [2.45, 2.75) is 35.8 Å². The van der Waals surface area contributed by atoms with Gasteiger partial charge >= 0.3 is 0 Å². The summed E-state index contributed by atoms with van der Waals surface area (Å²) in [5, 5.41) is 7.13. The first-order valence-corrected chi connectivity index (χ1v) is 13.6. The van der Waals surface area contributed by atoms with E-state index in [1.54, 1.807) is 11.0 Å². The molecule has 7 nitrogen and oxygen atoms in total. The summed E-state index contributed by atoms with van der Waals surface area (Å²) in [5.41, 5.74) is 2.81. The average Bonchev–Trinajstić information content (AvgIpc) is 3.32. The van der Waals surface area contributed by atoms with Gasteiger partial charge in [-0.1, -0.05) is 18.6 Å². The Balaban J connectivity index is 0.000000165. The molecular formula is C25H32F3N5O2S. The van der Waals surface area contributed by atoms with Crippen LogP contribution in [0.5, 0.6) is 0 Å². The molecule has 0 radical (unpaired) electrons. The van der Waals surface area contributed by atoms with Crippen LogP contribution in [0.1, 0.15) is 35.3 Å². The molecule has 3 saturated heterocycles. The van der Waals surface area contributed by atoms with Crippen LogP contribution in [0.15, 0.2) is 23.1 Å². The molecule has 3 fully saturated rings. The minimum Gasteiger partial charge on any atom is -0.378 e. The SMILES string of the molecule is FC1(F)CN(CCN2CCCCC2)C1.O=C(c1[nH]nc2c1CSc1c(F)cccc1-2)N1CCOCC1. The number of hydrogen-bond donors (Lipinski definition) is 1. The van der Waals surface area contributed by atoms with Gasteiger partial charge in [0.15, 0.2) is 0 Å². The Morgan fingerprint density at radius 2 is 1.78 bits per heavy atom. The van der Waals surface area contributed by atoms with Crippen LogP contribution in [-0.4, -0.2) is 102 Å². The van der Waals surface area contributed by atoms with Gasteiger partial charge in [0, 0.05) is 43.1 Å². The first-order chi connectivity index (χ1) is 17.4. The second kappa shape index (κ2) is 11.1. The van der Waals surface area contributed by atoms with E-state index in [1.807, 2.05) is 11.0 Å². The Morgan fingerprint density at radius 3 is 2.50 bits per heavy atom. The molecule has 1 amide bonds. The lowest BCUT2D eigenvalue weighted by atomic mass is 10.1. The van der Waals surface area contributed by atoms with E-state index >= 15 is 0 Å². The van der Waals surface area contributed by atoms with E-state index in [-0.39, 0.29) is 24.8 Å². The molecule has 11 heteroatoms. The molecule has 0 aliphatic carbocycles. The zero-order chi connectivity index (χ0) is 25.1. The number of morpholine rings is 1. The van der Waals surface area contributed by atoms with Gasteiger partial charge in [0.25, 0.3) is 11.8 Å². The molecule has 0 saturated carbocycles. The summed E-state index contributed by atoms with van der Waals surface area (Å²) in [5.74, 6) is -2.15. The zero-order valence-electron chi connectivity index (χ0n) is 20.3. The topological polar surface area (TPSA) is 64.7 Å². The third kappa shape index (κ3) is 5.74. The van der Waals surface area contributed by atoms with Crippen LogP contribution in [0.2, 0.25) is 0 Å². The number of aromatic amines is 1. The van der Waals surface area contributed by atoms with E-state index in [4.69, 9.17) is 4.74 Å². The van der Waals surface area contributed by atoms with Crippen LogP contribution in [0, 0.1) is 5.82 Å². The number of ether oxygens (including phenoxy) is 1. The second-order valence-electron chi connectivity index (χ2n) is 9.70. The van der Waals surface area contributed by atoms with Crippen LogP contribution in [0.4, 0.5) is 13.2 Å². The molecule has 0 bridgehead atoms. The van der Waals surface area contributed by atoms with Crippen molar-refractivity contribution in [1.82, 2.24) is 24.9 Å². The normalized spacial score (nSPS) is 21.6. The minimum atomic E-state index is -2.40. The molecule has 2 aromatic rings. The van der Waals surface area contributed by atoms with Gasteiger partial charge in [-0.05, 0) is 32.0 Å². The highest BCUT2D eigenvalue weighted by Gasteiger charge is 2.43. The number of alkyl halides is 2. The van der Waals surface area contributed by atoms with Crippen LogP contribution in [-0.2, 0) is 10.5 Å². The van der Waals surface area contributed by atoms with Crippen molar-refractivity contribution in [3.63, 3.8) is 0 Å². The van der Waals surface area contributed by atoms with Gasteiger partial charge < -0.3 is 14.5 Å². The van der Waals surface area contributed by atoms with Crippen LogP contribution >= 0.6 is 11.8 Å². The number of nitrogens with one attached hydrogen (secondary N) is 1. The predicted octanol–water partition coefficient (Wildman–Crippen LogP) is 3.72. The molecule has 0 unspecified atom stereocenters. The lowest BCUT2D eigenvalue weighted by molar-refractivity contribution is -0.131. The van der Waals surface area contributed by atoms with Gasteiger partial charge in [0.1, 0.15) is 11.5 Å². The second-order valence-corrected chi connectivity index (χ2v) is 10.7. The Bertz CT molecular complexity index is 1060. The fourth-order valence-electron chi connectivity index (χ4n) is 5.05. The molecule has 1 N–H and O–H groups in total. The highest BCUT2D eigenvalue weighted by atomic mass is 32.2. The van der Waals surface area contributed by atoms with Crippen molar-refractivity contribution >= 4 is 17.7 Å². The van der Waals surface area contributed by atoms with Crippen molar-refractivity contribution in [3.05, 3.63) is 35.3 Å². The fraction of sp³-hybridized carbons (Fsp3) is 0.600. The number of carbonyl (C=O) groups is 1. The Labute approximate surface area is 213 Å². The number of nitrogens with zero attached hydrogens (tertiary/aromatic N) is 4. The molecule has 4 aliphatic rings. The number of benzene rings is 1. The van der Waals surface area contributed by atoms with E-state index in [0.29, 0.717) is 48.3 Å². The van der Waals surface area contributed by atoms with Gasteiger partial charge in [-0.3, -0.25) is 14.8 Å². The third-order valence-electron chi connectivity index (χ3n) is 7.05. The van der Waals surface area contributed by atoms with Crippen molar-refractivity contribution in [2.24, 2.45) is 0 Å². The number of aromatic nitrogens is 2. The zero-order valence-corrected chi connectivity index (χ0v) is 21.1. The highest BCUT2D eigenvalue weighted by molar-refractivity contribution is 7.98. The standard InChI is InChI=1S/C15H14FN3O2S.C10H18F2N2/c16-11-3-1-2-9-12-10(8-22-14(9)11)13(18-17-12)15(20)19-4-6-21-7-5-19;11-10(12)8-14(9-10)7-6-13-4-2-1-3-5-13/h1-3H,4-8H2,(H,17,18);1-9H2. The quantitative estimate of drug-likeness (QED) is 0.659. The average molecular weight is 524 g/mol. The lowest BCUT2D eigenvalue weighted by Crippen LogP contribution is -2.57. The predicted molar refractivity (Wildman–Crippen MR) is 132 cm³/mol. The molecule has 0 atom stereocenters. The number of fused-ring (bicyclic) bond motifs is 3. The van der Waals surface area contributed by atoms with Crippen LogP contribution in [0.3, 0.4) is 0 Å². The first kappa shape index (κ1) is 25.6. The monoisotopic (exact) mass is 523 g/mol. The molecule has 36 heavy (non-hydrogen) atoms. The van der Waals surface area contributed by atoms with Gasteiger partial charge in [-0.15, -0.1) is 11.8 Å². The summed E-state index contributed by atoms with van der Waals surface area (Å²) >= 11 is 1.41. The number of halogens is 3. The smallest absolute Gasteiger partial charge is 0.272 e. The molecule has 6 rings (SSSR count). The van der Waals surface area contributed by atoms with Crippen molar-refractivity contribution in [1.29, 1.82) is 0 Å². The number of hydrogen-bond acceptors (Lipinski definition) is 6. The molecule has 5 heterocycles. The Morgan fingerprint density at radius 1 is 1.06 bits per heavy atom. The maximum atomic E-state index is 13.9. The molecule has 0 spiro atoms. The highest BCUT2D eigenvalue weighted by Crippen LogP contribution is 2.42. The Hall–Kier alpha value is -2.08. The number of thioether (sulfide) groups is 1. The Kier molecular flexibility index (Phi) is 7.90. The van der Waals surface area contributed by atoms with E-state index in [2.05, 4.69) is 15.1 Å². The molecule has 1 aromatic carbocycles. The summed E-state index contributed by atoms with van der Waals surface area (Å²) in [6.45, 7) is 6.34. The lowest BCUT2D eigenvalue weighted by Gasteiger charge is -2.40. The largest absolute Gasteiger partial charge is 0.378 e. The summed E-state index contributed by atoms with van der Waals surface area (Å²) in [4.78, 5) is 19.2. The minimum absolute atomic E-state index is 0.0269. The third-order valence-corrected chi connectivity index (χ3v) is 8.19. The van der Waals surface area contributed by atoms with Gasteiger partial charge in [0.05, 0.1) is 36.9 Å². The molecule has 4 aliphatic heterocycles. The van der Waals surface area contributed by atoms with E-state index in [9.17, 15) is 18.0 Å². The maximum absolute atomic E-state index is 13.9. The van der Waals surface area contributed by atoms with Crippen molar-refractivity contribution in [2.75, 3.05) is 65.6 Å². The summed E-state index contributed by atoms with van der Waals surface area (Å²) in [7, 11) is 0. The number of amides is 1. The molecule has 1 aromatic heterocycles. The summed E-state index contributed by atoms with van der Waals surface area (Å²) in [6, 6.07) is 4.96. The van der Waals surface area contributed by atoms with Crippen LogP contribution in [0.25, 0.3) is 11.3 Å². The number of piperidine rings is 1. The molecule has 196 valence electrons. The van der Waals surface area contributed by atoms with Crippen molar-refractivity contribution in [3.8, 4) is 11.3 Å². The number of rotatable bonds is 4. The summed E-state index contributed by atoms with van der Waals surface area (Å²) < 4.78 is 44.1. The van der Waals surface area contributed by atoms with Gasteiger partial charge in [-0.25, -0.2) is 13.2 Å². The van der Waals surface area contributed by atoms with Crippen molar-refractivity contribution < 1.29 is 22.7 Å². The van der Waals surface area contributed by atoms with Gasteiger partial charge in [-0.2, -0.15) is 5.10 Å². The van der Waals surface area contributed by atoms with Gasteiger partial charge in [0.2, 0.25) is 0 Å². The number of carbonyl (C=O) groups excluding carboxylic acids is 1. The maximum Gasteiger partial charge on any atom is 0.272 e. The van der Waals surface area contributed by atoms with E-state index < -0.39 is 5.92 Å². The van der Waals surface area contributed by atoms with E-state index in [0.717, 1.165) is 37.3 Å². The number of H-pyrrole nitrogens is 1. The fourth-order valence-corrected chi connectivity index (χ4v) is 6.14. The first-order valence-electron chi connectivity index (χ1n) is 12.6. The van der Waals surface area contributed by atoms with Crippen LogP contribution < -0.4 is 0 Å². The number of likely N-dealkylation sites (tertiary alicyclic amines) is 2. The molecular weight excluding hydrogens is 491 g/mol. The summed E-state index contributed by atoms with van der Waals surface area (Å²) in [6.07, 6.45) is 3.88. The van der Waals surface area contributed by atoms with E-state index in [1.165, 1.54) is 37.1 Å².